The lowest BCUT2D eigenvalue weighted by Gasteiger charge is -2.32. The second-order valence-corrected chi connectivity index (χ2v) is 9.78. The lowest BCUT2D eigenvalue weighted by Crippen LogP contribution is -2.41. The molecule has 0 unspecified atom stereocenters. The van der Waals surface area contributed by atoms with Crippen molar-refractivity contribution < 1.29 is 18.5 Å². The van der Waals surface area contributed by atoms with Gasteiger partial charge in [0, 0.05) is 17.7 Å². The highest BCUT2D eigenvalue weighted by molar-refractivity contribution is 6.62. The molecule has 0 saturated carbocycles. The first-order valence-electron chi connectivity index (χ1n) is 11.5. The lowest BCUT2D eigenvalue weighted by atomic mass is 9.78. The van der Waals surface area contributed by atoms with Gasteiger partial charge in [-0.15, -0.1) is 0 Å². The fourth-order valence-corrected chi connectivity index (χ4v) is 4.49. The summed E-state index contributed by atoms with van der Waals surface area (Å²) in [6.07, 6.45) is 1.48. The predicted octanol–water partition coefficient (Wildman–Crippen LogP) is 3.28. The number of amides is 1. The zero-order valence-electron chi connectivity index (χ0n) is 19.7. The second kappa shape index (κ2) is 7.96. The molecule has 2 aliphatic heterocycles. The van der Waals surface area contributed by atoms with E-state index in [1.807, 2.05) is 62.7 Å². The zero-order valence-corrected chi connectivity index (χ0v) is 19.7. The maximum Gasteiger partial charge on any atom is 0.497 e. The van der Waals surface area contributed by atoms with Gasteiger partial charge in [0.1, 0.15) is 11.4 Å². The minimum absolute atomic E-state index is 0.0943. The number of carbonyl (C=O) groups is 1. The van der Waals surface area contributed by atoms with Gasteiger partial charge in [-0.1, -0.05) is 24.3 Å². The Labute approximate surface area is 197 Å². The van der Waals surface area contributed by atoms with Crippen LogP contribution >= 0.6 is 0 Å². The molecule has 0 bridgehead atoms. The molecule has 0 radical (unpaired) electrons. The molecule has 1 amide bonds. The standard InChI is InChI=1S/C25H27BFN3O4/c1-24(2)25(3,4)34-26(33-24)18-13-12-16(15-19(18)27)28-22(31)21-20-11-8-14-29(20)30(23(21)32)17-9-6-5-7-10-17/h5-7,9-10,12-13,15H,8,11,14H2,1-4H3,(H,28,31). The first-order valence-corrected chi connectivity index (χ1v) is 11.5. The number of para-hydroxylation sites is 1. The number of benzene rings is 2. The molecule has 34 heavy (non-hydrogen) atoms. The van der Waals surface area contributed by atoms with Crippen LogP contribution in [0, 0.1) is 5.82 Å². The van der Waals surface area contributed by atoms with E-state index in [-0.39, 0.29) is 22.3 Å². The van der Waals surface area contributed by atoms with Gasteiger partial charge in [0.25, 0.3) is 11.5 Å². The van der Waals surface area contributed by atoms with E-state index < -0.39 is 30.0 Å². The molecule has 0 aliphatic carbocycles. The summed E-state index contributed by atoms with van der Waals surface area (Å²) in [6.45, 7) is 8.26. The van der Waals surface area contributed by atoms with Crippen molar-refractivity contribution in [2.24, 2.45) is 0 Å². The second-order valence-electron chi connectivity index (χ2n) is 9.78. The Balaban J connectivity index is 1.42. The van der Waals surface area contributed by atoms with E-state index in [4.69, 9.17) is 9.31 Å². The van der Waals surface area contributed by atoms with Gasteiger partial charge in [-0.2, -0.15) is 0 Å². The Bertz CT molecular complexity index is 1310. The zero-order chi connectivity index (χ0) is 24.3. The Morgan fingerprint density at radius 1 is 1.06 bits per heavy atom. The first-order chi connectivity index (χ1) is 16.1. The topological polar surface area (TPSA) is 74.5 Å². The van der Waals surface area contributed by atoms with E-state index in [0.717, 1.165) is 6.42 Å². The Hall–Kier alpha value is -3.17. The van der Waals surface area contributed by atoms with E-state index >= 15 is 4.39 Å². The fourth-order valence-electron chi connectivity index (χ4n) is 4.49. The number of hydrogen-bond donors (Lipinski definition) is 1. The summed E-state index contributed by atoms with van der Waals surface area (Å²) in [6, 6.07) is 13.6. The molecular formula is C25H27BFN3O4. The number of hydrogen-bond acceptors (Lipinski definition) is 4. The van der Waals surface area contributed by atoms with Crippen LogP contribution in [-0.2, 0) is 22.3 Å². The van der Waals surface area contributed by atoms with Gasteiger partial charge in [0.2, 0.25) is 0 Å². The third-order valence-electron chi connectivity index (χ3n) is 7.02. The molecule has 1 saturated heterocycles. The number of carbonyl (C=O) groups excluding carboxylic acids is 1. The van der Waals surface area contributed by atoms with Crippen LogP contribution < -0.4 is 16.3 Å². The van der Waals surface area contributed by atoms with Crippen molar-refractivity contribution in [2.75, 3.05) is 5.32 Å². The molecule has 3 aromatic rings. The van der Waals surface area contributed by atoms with E-state index in [0.29, 0.717) is 24.3 Å². The van der Waals surface area contributed by atoms with Crippen molar-refractivity contribution in [1.29, 1.82) is 0 Å². The van der Waals surface area contributed by atoms with Gasteiger partial charge in [-0.05, 0) is 64.8 Å². The monoisotopic (exact) mass is 463 g/mol. The summed E-state index contributed by atoms with van der Waals surface area (Å²) in [5, 5.41) is 2.70. The molecule has 5 rings (SSSR count). The molecule has 1 fully saturated rings. The minimum Gasteiger partial charge on any atom is -0.399 e. The summed E-state index contributed by atoms with van der Waals surface area (Å²) < 4.78 is 30.3. The van der Waals surface area contributed by atoms with Gasteiger partial charge < -0.3 is 14.6 Å². The van der Waals surface area contributed by atoms with Crippen LogP contribution in [0.4, 0.5) is 10.1 Å². The van der Waals surface area contributed by atoms with Crippen LogP contribution in [0.3, 0.4) is 0 Å². The number of rotatable bonds is 4. The number of aromatic nitrogens is 2. The van der Waals surface area contributed by atoms with Gasteiger partial charge in [-0.3, -0.25) is 14.3 Å². The van der Waals surface area contributed by atoms with E-state index in [1.54, 1.807) is 16.8 Å². The van der Waals surface area contributed by atoms with Gasteiger partial charge >= 0.3 is 7.12 Å². The average molecular weight is 463 g/mol. The van der Waals surface area contributed by atoms with Crippen LogP contribution in [0.2, 0.25) is 0 Å². The summed E-state index contributed by atoms with van der Waals surface area (Å²) >= 11 is 0. The van der Waals surface area contributed by atoms with Gasteiger partial charge in [-0.25, -0.2) is 9.07 Å². The van der Waals surface area contributed by atoms with Crippen LogP contribution in [0.15, 0.2) is 53.3 Å². The molecule has 3 heterocycles. The third-order valence-corrected chi connectivity index (χ3v) is 7.02. The van der Waals surface area contributed by atoms with Crippen LogP contribution in [0.25, 0.3) is 5.69 Å². The molecule has 0 atom stereocenters. The number of nitrogens with zero attached hydrogens (tertiary/aromatic N) is 2. The highest BCUT2D eigenvalue weighted by Gasteiger charge is 2.52. The molecule has 0 spiro atoms. The van der Waals surface area contributed by atoms with Crippen LogP contribution in [-0.4, -0.2) is 33.6 Å². The average Bonchev–Trinajstić information content (AvgIpc) is 3.38. The molecule has 7 nitrogen and oxygen atoms in total. The Morgan fingerprint density at radius 2 is 1.74 bits per heavy atom. The highest BCUT2D eigenvalue weighted by atomic mass is 19.1. The molecule has 2 aromatic carbocycles. The van der Waals surface area contributed by atoms with E-state index in [1.165, 1.54) is 6.07 Å². The summed E-state index contributed by atoms with van der Waals surface area (Å²) in [5.41, 5.74) is 0.439. The summed E-state index contributed by atoms with van der Waals surface area (Å²) in [7, 11) is -0.845. The SMILES string of the molecule is CC1(C)OB(c2ccc(NC(=O)c3c4n(n(-c5ccccc5)c3=O)CCC4)cc2F)OC1(C)C. The number of anilines is 1. The van der Waals surface area contributed by atoms with Gasteiger partial charge in [0.15, 0.2) is 0 Å². The Kier molecular flexibility index (Phi) is 5.29. The van der Waals surface area contributed by atoms with Crippen molar-refractivity contribution in [3.8, 4) is 5.69 Å². The minimum atomic E-state index is -0.845. The maximum absolute atomic E-state index is 15.0. The first kappa shape index (κ1) is 22.6. The quantitative estimate of drug-likeness (QED) is 0.603. The molecular weight excluding hydrogens is 436 g/mol. The maximum atomic E-state index is 15.0. The smallest absolute Gasteiger partial charge is 0.399 e. The fraction of sp³-hybridized carbons (Fsp3) is 0.360. The van der Waals surface area contributed by atoms with Crippen molar-refractivity contribution in [3.05, 3.63) is 76.0 Å². The van der Waals surface area contributed by atoms with Crippen molar-refractivity contribution in [3.63, 3.8) is 0 Å². The molecule has 1 aromatic heterocycles. The number of halogens is 1. The van der Waals surface area contributed by atoms with Gasteiger partial charge in [0.05, 0.1) is 22.6 Å². The molecule has 2 aliphatic rings. The molecule has 176 valence electrons. The molecule has 1 N–H and O–H groups in total. The van der Waals surface area contributed by atoms with E-state index in [2.05, 4.69) is 5.32 Å². The number of fused-ring (bicyclic) bond motifs is 1. The van der Waals surface area contributed by atoms with Crippen molar-refractivity contribution in [1.82, 2.24) is 9.36 Å². The highest BCUT2D eigenvalue weighted by Crippen LogP contribution is 2.36. The van der Waals surface area contributed by atoms with Crippen molar-refractivity contribution in [2.45, 2.75) is 58.3 Å². The summed E-state index contributed by atoms with van der Waals surface area (Å²) in [4.78, 5) is 26.4. The predicted molar refractivity (Wildman–Crippen MR) is 128 cm³/mol. The summed E-state index contributed by atoms with van der Waals surface area (Å²) in [5.74, 6) is -1.10. The Morgan fingerprint density at radius 3 is 2.38 bits per heavy atom. The van der Waals surface area contributed by atoms with Crippen molar-refractivity contribution >= 4 is 24.2 Å². The van der Waals surface area contributed by atoms with Crippen LogP contribution in [0.1, 0.15) is 50.2 Å². The number of nitrogens with one attached hydrogen (secondary N) is 1. The normalized spacial score (nSPS) is 18.2. The molecule has 9 heteroatoms. The third kappa shape index (κ3) is 3.59. The largest absolute Gasteiger partial charge is 0.497 e. The van der Waals surface area contributed by atoms with E-state index in [9.17, 15) is 9.59 Å². The lowest BCUT2D eigenvalue weighted by molar-refractivity contribution is 0.00578. The van der Waals surface area contributed by atoms with Crippen LogP contribution in [0.5, 0.6) is 0 Å².